The van der Waals surface area contributed by atoms with E-state index in [1.165, 1.54) is 10.2 Å². The van der Waals surface area contributed by atoms with E-state index < -0.39 is 0 Å². The lowest BCUT2D eigenvalue weighted by Crippen LogP contribution is -2.52. The number of hydrazine groups is 3. The van der Waals surface area contributed by atoms with Crippen LogP contribution < -0.4 is 21.9 Å². The van der Waals surface area contributed by atoms with Crippen LogP contribution in [0.2, 0.25) is 0 Å². The average Bonchev–Trinajstić information content (AvgIpc) is 2.39. The van der Waals surface area contributed by atoms with Gasteiger partial charge in [-0.05, 0) is 24.3 Å². The van der Waals surface area contributed by atoms with Gasteiger partial charge in [0.25, 0.3) is 0 Å². The van der Waals surface area contributed by atoms with Crippen LogP contribution in [0, 0.1) is 0 Å². The molecule has 0 aliphatic heterocycles. The number of hydrogen-bond acceptors (Lipinski definition) is 4. The minimum absolute atomic E-state index is 0.828. The maximum absolute atomic E-state index is 5.90. The number of anilines is 2. The second kappa shape index (κ2) is 4.65. The zero-order valence-electron chi connectivity index (χ0n) is 8.82. The van der Waals surface area contributed by atoms with Crippen LogP contribution in [0.5, 0.6) is 0 Å². The van der Waals surface area contributed by atoms with Crippen LogP contribution in [0.15, 0.2) is 60.7 Å². The minimum atomic E-state index is 0.828. The molecule has 0 heterocycles. The second-order valence-electron chi connectivity index (χ2n) is 3.36. The summed E-state index contributed by atoms with van der Waals surface area (Å²) in [6, 6.07) is 19.1. The molecule has 2 aromatic rings. The van der Waals surface area contributed by atoms with Crippen molar-refractivity contribution in [1.29, 1.82) is 0 Å². The molecular weight excluding hydrogens is 200 g/mol. The fraction of sp³-hybridized carbons (Fsp3) is 0. The predicted octanol–water partition coefficient (Wildman–Crippen LogP) is 1.66. The first-order chi connectivity index (χ1) is 7.79. The van der Waals surface area contributed by atoms with Crippen molar-refractivity contribution in [1.82, 2.24) is 0 Å². The Bertz CT molecular complexity index is 386. The molecule has 0 aromatic heterocycles. The van der Waals surface area contributed by atoms with Crippen molar-refractivity contribution in [3.05, 3.63) is 60.7 Å². The molecule has 0 saturated heterocycles. The molecule has 0 radical (unpaired) electrons. The van der Waals surface area contributed by atoms with E-state index >= 15 is 0 Å². The van der Waals surface area contributed by atoms with Crippen molar-refractivity contribution < 1.29 is 0 Å². The summed E-state index contributed by atoms with van der Waals surface area (Å²) in [6.07, 6.45) is 0. The lowest BCUT2D eigenvalue weighted by molar-refractivity contribution is 0.777. The molecule has 2 rings (SSSR count). The fourth-order valence-corrected chi connectivity index (χ4v) is 1.41. The zero-order chi connectivity index (χ0) is 11.4. The van der Waals surface area contributed by atoms with Crippen LogP contribution in [0.25, 0.3) is 0 Å². The van der Waals surface area contributed by atoms with Crippen LogP contribution in [-0.2, 0) is 0 Å². The molecule has 0 atom stereocenters. The Morgan fingerprint density at radius 3 is 1.19 bits per heavy atom. The molecule has 0 spiro atoms. The molecule has 16 heavy (non-hydrogen) atoms. The largest absolute Gasteiger partial charge is 0.227 e. The highest BCUT2D eigenvalue weighted by molar-refractivity contribution is 5.54. The fourth-order valence-electron chi connectivity index (χ4n) is 1.41. The maximum atomic E-state index is 5.90. The first kappa shape index (κ1) is 10.5. The van der Waals surface area contributed by atoms with E-state index in [1.807, 2.05) is 60.7 Å². The van der Waals surface area contributed by atoms with Gasteiger partial charge in [0.2, 0.25) is 0 Å². The second-order valence-corrected chi connectivity index (χ2v) is 3.36. The Labute approximate surface area is 94.6 Å². The Morgan fingerprint density at radius 2 is 0.875 bits per heavy atom. The molecule has 0 aliphatic carbocycles. The standard InChI is InChI=1S/C12H14N4/c13-15(11-7-3-1-4-8-11)16(14)12-9-5-2-6-10-12/h1-10H,13-14H2. The van der Waals surface area contributed by atoms with Crippen LogP contribution in [0.1, 0.15) is 0 Å². The number of nitrogens with zero attached hydrogens (tertiary/aromatic N) is 2. The monoisotopic (exact) mass is 214 g/mol. The summed E-state index contributed by atoms with van der Waals surface area (Å²) in [7, 11) is 0. The molecule has 0 fully saturated rings. The Balaban J connectivity index is 2.20. The van der Waals surface area contributed by atoms with Crippen molar-refractivity contribution in [2.45, 2.75) is 0 Å². The van der Waals surface area contributed by atoms with Gasteiger partial charge in [-0.15, -0.1) is 0 Å². The van der Waals surface area contributed by atoms with Gasteiger partial charge in [-0.25, -0.2) is 21.9 Å². The summed E-state index contributed by atoms with van der Waals surface area (Å²) < 4.78 is 0. The van der Waals surface area contributed by atoms with Gasteiger partial charge in [-0.2, -0.15) is 0 Å². The van der Waals surface area contributed by atoms with Gasteiger partial charge in [0.15, 0.2) is 0 Å². The van der Waals surface area contributed by atoms with Crippen LogP contribution >= 0.6 is 0 Å². The summed E-state index contributed by atoms with van der Waals surface area (Å²) >= 11 is 0. The third-order valence-electron chi connectivity index (χ3n) is 2.27. The van der Waals surface area contributed by atoms with E-state index in [9.17, 15) is 0 Å². The van der Waals surface area contributed by atoms with Crippen molar-refractivity contribution >= 4 is 11.4 Å². The lowest BCUT2D eigenvalue weighted by Gasteiger charge is -2.29. The van der Waals surface area contributed by atoms with Crippen LogP contribution in [0.3, 0.4) is 0 Å². The van der Waals surface area contributed by atoms with Crippen LogP contribution in [0.4, 0.5) is 11.4 Å². The first-order valence-corrected chi connectivity index (χ1v) is 4.98. The van der Waals surface area contributed by atoms with Gasteiger partial charge in [0, 0.05) is 0 Å². The molecule has 0 bridgehead atoms. The quantitative estimate of drug-likeness (QED) is 0.602. The van der Waals surface area contributed by atoms with E-state index in [4.69, 9.17) is 11.7 Å². The highest BCUT2D eigenvalue weighted by Crippen LogP contribution is 2.16. The van der Waals surface area contributed by atoms with E-state index in [-0.39, 0.29) is 0 Å². The number of benzene rings is 2. The molecule has 82 valence electrons. The minimum Gasteiger partial charge on any atom is -0.227 e. The van der Waals surface area contributed by atoms with Crippen molar-refractivity contribution in [2.75, 3.05) is 10.2 Å². The van der Waals surface area contributed by atoms with Crippen molar-refractivity contribution in [3.8, 4) is 0 Å². The predicted molar refractivity (Wildman–Crippen MR) is 66.2 cm³/mol. The van der Waals surface area contributed by atoms with Gasteiger partial charge in [0.05, 0.1) is 11.4 Å². The molecule has 2 aromatic carbocycles. The van der Waals surface area contributed by atoms with Crippen molar-refractivity contribution in [3.63, 3.8) is 0 Å². The van der Waals surface area contributed by atoms with Gasteiger partial charge < -0.3 is 0 Å². The Kier molecular flexibility index (Phi) is 3.05. The zero-order valence-corrected chi connectivity index (χ0v) is 8.82. The highest BCUT2D eigenvalue weighted by Gasteiger charge is 2.08. The number of rotatable bonds is 3. The molecule has 0 unspecified atom stereocenters. The molecule has 4 N–H and O–H groups in total. The van der Waals surface area contributed by atoms with Crippen LogP contribution in [-0.4, -0.2) is 0 Å². The average molecular weight is 214 g/mol. The van der Waals surface area contributed by atoms with Gasteiger partial charge in [-0.3, -0.25) is 0 Å². The smallest absolute Gasteiger partial charge is 0.0771 e. The molecule has 0 amide bonds. The third kappa shape index (κ3) is 2.13. The SMILES string of the molecule is NN(c1ccccc1)N(N)c1ccccc1. The van der Waals surface area contributed by atoms with Gasteiger partial charge in [0.1, 0.15) is 0 Å². The third-order valence-corrected chi connectivity index (χ3v) is 2.27. The summed E-state index contributed by atoms with van der Waals surface area (Å²) in [5.41, 5.74) is 1.66. The van der Waals surface area contributed by atoms with Gasteiger partial charge in [-0.1, -0.05) is 36.4 Å². The number of nitrogens with two attached hydrogens (primary N) is 2. The first-order valence-electron chi connectivity index (χ1n) is 4.98. The molecule has 0 saturated carbocycles. The van der Waals surface area contributed by atoms with E-state index in [0.29, 0.717) is 0 Å². The maximum Gasteiger partial charge on any atom is 0.0771 e. The number of hydrogen-bond donors (Lipinski definition) is 2. The topological polar surface area (TPSA) is 58.5 Å². The Morgan fingerprint density at radius 1 is 0.562 bits per heavy atom. The molecule has 4 heteroatoms. The summed E-state index contributed by atoms with van der Waals surface area (Å²) in [6.45, 7) is 0. The highest BCUT2D eigenvalue weighted by atomic mass is 15.8. The molecule has 4 nitrogen and oxygen atoms in total. The Hall–Kier alpha value is -2.04. The molecule has 0 aliphatic rings. The van der Waals surface area contributed by atoms with E-state index in [1.54, 1.807) is 0 Å². The normalized spacial score (nSPS) is 9.88. The molecular formula is C12H14N4. The van der Waals surface area contributed by atoms with Crippen molar-refractivity contribution in [2.24, 2.45) is 11.7 Å². The lowest BCUT2D eigenvalue weighted by atomic mass is 10.3. The van der Waals surface area contributed by atoms with E-state index in [2.05, 4.69) is 0 Å². The summed E-state index contributed by atoms with van der Waals surface area (Å²) in [5, 5.41) is 2.80. The van der Waals surface area contributed by atoms with Gasteiger partial charge >= 0.3 is 0 Å². The summed E-state index contributed by atoms with van der Waals surface area (Å²) in [5.74, 6) is 11.8. The van der Waals surface area contributed by atoms with E-state index in [0.717, 1.165) is 11.4 Å². The summed E-state index contributed by atoms with van der Waals surface area (Å²) in [4.78, 5) is 0. The number of para-hydroxylation sites is 2.